The van der Waals surface area contributed by atoms with Gasteiger partial charge in [-0.05, 0) is 18.2 Å². The zero-order chi connectivity index (χ0) is 14.8. The van der Waals surface area contributed by atoms with Gasteiger partial charge >= 0.3 is 5.97 Å². The molecule has 1 aromatic heterocycles. The van der Waals surface area contributed by atoms with Crippen LogP contribution in [-0.4, -0.2) is 46.8 Å². The van der Waals surface area contributed by atoms with Gasteiger partial charge in [-0.25, -0.2) is 4.98 Å². The third kappa shape index (κ3) is 2.73. The van der Waals surface area contributed by atoms with Gasteiger partial charge in [0.25, 0.3) is 5.56 Å². The standard InChI is InChI=1S/C14H16N4O3/c19-13(20)8-18-9-16-12-2-1-10(7-11(12)14(18)21)17-5-3-15-4-6-17/h1-2,7,9,15H,3-6,8H2,(H,19,20). The van der Waals surface area contributed by atoms with E-state index in [0.717, 1.165) is 36.4 Å². The van der Waals surface area contributed by atoms with Crippen LogP contribution in [0.5, 0.6) is 0 Å². The topological polar surface area (TPSA) is 87.5 Å². The molecule has 0 amide bonds. The van der Waals surface area contributed by atoms with E-state index in [-0.39, 0.29) is 12.1 Å². The van der Waals surface area contributed by atoms with Crippen LogP contribution in [0, 0.1) is 0 Å². The lowest BCUT2D eigenvalue weighted by Gasteiger charge is -2.29. The lowest BCUT2D eigenvalue weighted by Crippen LogP contribution is -2.43. The number of nitrogens with one attached hydrogen (secondary N) is 1. The van der Waals surface area contributed by atoms with Crippen LogP contribution in [0.4, 0.5) is 5.69 Å². The van der Waals surface area contributed by atoms with Gasteiger partial charge in [-0.2, -0.15) is 0 Å². The summed E-state index contributed by atoms with van der Waals surface area (Å²) in [5.41, 5.74) is 1.23. The number of aromatic nitrogens is 2. The number of anilines is 1. The van der Waals surface area contributed by atoms with E-state index < -0.39 is 5.97 Å². The zero-order valence-corrected chi connectivity index (χ0v) is 11.5. The van der Waals surface area contributed by atoms with Crippen molar-refractivity contribution in [1.82, 2.24) is 14.9 Å². The summed E-state index contributed by atoms with van der Waals surface area (Å²) >= 11 is 0. The molecular weight excluding hydrogens is 272 g/mol. The number of benzene rings is 1. The molecule has 1 saturated heterocycles. The van der Waals surface area contributed by atoms with Crippen LogP contribution in [0.1, 0.15) is 0 Å². The second-order valence-corrected chi connectivity index (χ2v) is 5.01. The second kappa shape index (κ2) is 5.53. The smallest absolute Gasteiger partial charge is 0.323 e. The Morgan fingerprint density at radius 1 is 1.33 bits per heavy atom. The van der Waals surface area contributed by atoms with Crippen LogP contribution in [0.15, 0.2) is 29.3 Å². The van der Waals surface area contributed by atoms with Gasteiger partial charge in [-0.15, -0.1) is 0 Å². The minimum atomic E-state index is -1.06. The maximum absolute atomic E-state index is 12.3. The van der Waals surface area contributed by atoms with Gasteiger partial charge in [-0.1, -0.05) is 0 Å². The number of hydrogen-bond donors (Lipinski definition) is 2. The predicted octanol–water partition coefficient (Wildman–Crippen LogP) is -0.109. The molecule has 0 spiro atoms. The number of carboxylic acid groups (broad SMARTS) is 1. The molecule has 0 saturated carbocycles. The van der Waals surface area contributed by atoms with E-state index in [0.29, 0.717) is 10.9 Å². The van der Waals surface area contributed by atoms with Gasteiger partial charge in [0, 0.05) is 31.9 Å². The number of carboxylic acids is 1. The number of piperazine rings is 1. The summed E-state index contributed by atoms with van der Waals surface area (Å²) in [7, 11) is 0. The van der Waals surface area contributed by atoms with Gasteiger partial charge in [0.1, 0.15) is 6.54 Å². The highest BCUT2D eigenvalue weighted by Crippen LogP contribution is 2.19. The van der Waals surface area contributed by atoms with E-state index in [4.69, 9.17) is 5.11 Å². The number of hydrogen-bond acceptors (Lipinski definition) is 5. The van der Waals surface area contributed by atoms with Crippen molar-refractivity contribution in [2.24, 2.45) is 0 Å². The molecule has 2 aromatic rings. The summed E-state index contributed by atoms with van der Waals surface area (Å²) in [5, 5.41) is 12.6. The molecule has 0 bridgehead atoms. The maximum Gasteiger partial charge on any atom is 0.323 e. The summed E-state index contributed by atoms with van der Waals surface area (Å²) in [6.07, 6.45) is 1.28. The molecule has 0 atom stereocenters. The fourth-order valence-electron chi connectivity index (χ4n) is 2.53. The minimum Gasteiger partial charge on any atom is -0.480 e. The molecular formula is C14H16N4O3. The van der Waals surface area contributed by atoms with Crippen molar-refractivity contribution < 1.29 is 9.90 Å². The first kappa shape index (κ1) is 13.6. The SMILES string of the molecule is O=C(O)Cn1cnc2ccc(N3CCNCC3)cc2c1=O. The highest BCUT2D eigenvalue weighted by atomic mass is 16.4. The Balaban J connectivity index is 2.04. The average Bonchev–Trinajstić information content (AvgIpc) is 2.50. The van der Waals surface area contributed by atoms with Gasteiger partial charge in [0.2, 0.25) is 0 Å². The van der Waals surface area contributed by atoms with E-state index in [1.54, 1.807) is 12.1 Å². The van der Waals surface area contributed by atoms with Gasteiger partial charge in [0.05, 0.1) is 17.2 Å². The van der Waals surface area contributed by atoms with E-state index >= 15 is 0 Å². The summed E-state index contributed by atoms with van der Waals surface area (Å²) in [5.74, 6) is -1.06. The number of aliphatic carboxylic acids is 1. The largest absolute Gasteiger partial charge is 0.480 e. The van der Waals surface area contributed by atoms with Crippen LogP contribution >= 0.6 is 0 Å². The number of fused-ring (bicyclic) bond motifs is 1. The summed E-state index contributed by atoms with van der Waals surface area (Å²) in [6.45, 7) is 3.21. The van der Waals surface area contributed by atoms with Gasteiger partial charge in [-0.3, -0.25) is 14.2 Å². The van der Waals surface area contributed by atoms with Crippen molar-refractivity contribution in [1.29, 1.82) is 0 Å². The van der Waals surface area contributed by atoms with E-state index in [2.05, 4.69) is 15.2 Å². The predicted molar refractivity (Wildman–Crippen MR) is 78.7 cm³/mol. The highest BCUT2D eigenvalue weighted by molar-refractivity contribution is 5.82. The third-order valence-corrected chi connectivity index (χ3v) is 3.60. The molecule has 21 heavy (non-hydrogen) atoms. The lowest BCUT2D eigenvalue weighted by molar-refractivity contribution is -0.137. The Bertz CT molecular complexity index is 735. The average molecular weight is 288 g/mol. The Kier molecular flexibility index (Phi) is 3.57. The molecule has 1 fully saturated rings. The van der Waals surface area contributed by atoms with Crippen molar-refractivity contribution in [3.05, 3.63) is 34.9 Å². The second-order valence-electron chi connectivity index (χ2n) is 5.01. The number of rotatable bonds is 3. The fourth-order valence-corrected chi connectivity index (χ4v) is 2.53. The third-order valence-electron chi connectivity index (χ3n) is 3.60. The summed E-state index contributed by atoms with van der Waals surface area (Å²) < 4.78 is 1.12. The highest BCUT2D eigenvalue weighted by Gasteiger charge is 2.13. The van der Waals surface area contributed by atoms with Gasteiger partial charge in [0.15, 0.2) is 0 Å². The molecule has 1 aliphatic rings. The zero-order valence-electron chi connectivity index (χ0n) is 11.5. The molecule has 2 heterocycles. The van der Waals surface area contributed by atoms with Crippen LogP contribution in [0.25, 0.3) is 10.9 Å². The minimum absolute atomic E-state index is 0.320. The van der Waals surface area contributed by atoms with Crippen LogP contribution in [-0.2, 0) is 11.3 Å². The van der Waals surface area contributed by atoms with Crippen molar-refractivity contribution in [2.75, 3.05) is 31.1 Å². The first-order valence-electron chi connectivity index (χ1n) is 6.82. The molecule has 110 valence electrons. The van der Waals surface area contributed by atoms with Crippen LogP contribution in [0.2, 0.25) is 0 Å². The molecule has 1 aromatic carbocycles. The first-order valence-corrected chi connectivity index (χ1v) is 6.82. The first-order chi connectivity index (χ1) is 10.1. The van der Waals surface area contributed by atoms with Crippen LogP contribution < -0.4 is 15.8 Å². The lowest BCUT2D eigenvalue weighted by atomic mass is 10.2. The Labute approximate surface area is 120 Å². The Morgan fingerprint density at radius 2 is 2.10 bits per heavy atom. The maximum atomic E-state index is 12.3. The Morgan fingerprint density at radius 3 is 2.81 bits per heavy atom. The molecule has 7 nitrogen and oxygen atoms in total. The van der Waals surface area contributed by atoms with E-state index in [1.807, 2.05) is 6.07 Å². The molecule has 2 N–H and O–H groups in total. The van der Waals surface area contributed by atoms with Crippen molar-refractivity contribution >= 4 is 22.6 Å². The van der Waals surface area contributed by atoms with Crippen molar-refractivity contribution in [3.8, 4) is 0 Å². The normalized spacial score (nSPS) is 15.3. The molecule has 0 unspecified atom stereocenters. The van der Waals surface area contributed by atoms with Crippen molar-refractivity contribution in [3.63, 3.8) is 0 Å². The van der Waals surface area contributed by atoms with Crippen LogP contribution in [0.3, 0.4) is 0 Å². The number of carbonyl (C=O) groups is 1. The molecule has 1 aliphatic heterocycles. The summed E-state index contributed by atoms with van der Waals surface area (Å²) in [4.78, 5) is 29.4. The number of nitrogens with zero attached hydrogens (tertiary/aromatic N) is 3. The van der Waals surface area contributed by atoms with E-state index in [9.17, 15) is 9.59 Å². The molecule has 3 rings (SSSR count). The molecule has 0 radical (unpaired) electrons. The monoisotopic (exact) mass is 288 g/mol. The Hall–Kier alpha value is -2.41. The fraction of sp³-hybridized carbons (Fsp3) is 0.357. The van der Waals surface area contributed by atoms with E-state index in [1.165, 1.54) is 6.33 Å². The molecule has 0 aliphatic carbocycles. The molecule has 7 heteroatoms. The summed E-state index contributed by atoms with van der Waals surface area (Å²) in [6, 6.07) is 5.55. The quantitative estimate of drug-likeness (QED) is 0.819. The van der Waals surface area contributed by atoms with Gasteiger partial charge < -0.3 is 15.3 Å². The van der Waals surface area contributed by atoms with Crippen molar-refractivity contribution in [2.45, 2.75) is 6.54 Å².